The molecule has 118 valence electrons. The first-order valence-corrected chi connectivity index (χ1v) is 8.65. The van der Waals surface area contributed by atoms with Gasteiger partial charge in [-0.25, -0.2) is 4.90 Å². The molecule has 0 spiro atoms. The van der Waals surface area contributed by atoms with Crippen LogP contribution >= 0.6 is 23.7 Å². The third kappa shape index (κ3) is 3.04. The number of benzene rings is 1. The number of carbonyl (C=O) groups is 1. The predicted octanol–water partition coefficient (Wildman–Crippen LogP) is 3.02. The van der Waals surface area contributed by atoms with E-state index in [9.17, 15) is 4.79 Å². The molecular formula is C15H14N4O2S2. The standard InChI is InChI=1S/C15H14N4O2S2/c1-3-22-15-18-23-14-17-13(20)11(12(16)19(14)15)8-9-4-6-10(21-2)7-5-9/h4-8,16H,3H2,1-2H3. The van der Waals surface area contributed by atoms with E-state index in [0.717, 1.165) is 29.0 Å². The number of amides is 1. The minimum absolute atomic E-state index is 0.112. The number of carbonyl (C=O) groups excluding carboxylic acids is 1. The second-order valence-electron chi connectivity index (χ2n) is 4.61. The molecule has 1 amide bonds. The fourth-order valence-electron chi connectivity index (χ4n) is 2.09. The average Bonchev–Trinajstić information content (AvgIpc) is 2.95. The molecule has 0 aliphatic carbocycles. The first-order chi connectivity index (χ1) is 11.1. The quantitative estimate of drug-likeness (QED) is 0.672. The topological polar surface area (TPSA) is 78.1 Å². The van der Waals surface area contributed by atoms with Crippen molar-refractivity contribution in [2.24, 2.45) is 9.39 Å². The van der Waals surface area contributed by atoms with Crippen LogP contribution in [0.2, 0.25) is 0 Å². The number of methoxy groups -OCH3 is 1. The van der Waals surface area contributed by atoms with Crippen LogP contribution in [0.1, 0.15) is 12.5 Å². The van der Waals surface area contributed by atoms with Gasteiger partial charge in [0.1, 0.15) is 11.6 Å². The first-order valence-electron chi connectivity index (χ1n) is 6.89. The third-order valence-electron chi connectivity index (χ3n) is 3.19. The summed E-state index contributed by atoms with van der Waals surface area (Å²) in [6.45, 7) is 2.01. The zero-order valence-electron chi connectivity index (χ0n) is 12.6. The number of ether oxygens (including phenoxy) is 1. The summed E-state index contributed by atoms with van der Waals surface area (Å²) in [5.41, 5.74) is 1.07. The molecule has 0 unspecified atom stereocenters. The van der Waals surface area contributed by atoms with Crippen molar-refractivity contribution in [3.63, 3.8) is 0 Å². The van der Waals surface area contributed by atoms with Crippen LogP contribution in [-0.4, -0.2) is 39.8 Å². The van der Waals surface area contributed by atoms with Crippen molar-refractivity contribution in [3.8, 4) is 5.75 Å². The minimum atomic E-state index is -0.414. The average molecular weight is 346 g/mol. The van der Waals surface area contributed by atoms with Crippen molar-refractivity contribution >= 4 is 51.9 Å². The van der Waals surface area contributed by atoms with E-state index in [2.05, 4.69) is 9.39 Å². The maximum absolute atomic E-state index is 12.2. The normalized spacial score (nSPS) is 18.9. The van der Waals surface area contributed by atoms with Crippen molar-refractivity contribution in [3.05, 3.63) is 35.4 Å². The van der Waals surface area contributed by atoms with Crippen molar-refractivity contribution in [1.29, 1.82) is 5.41 Å². The predicted molar refractivity (Wildman–Crippen MR) is 96.1 cm³/mol. The van der Waals surface area contributed by atoms with E-state index in [-0.39, 0.29) is 11.4 Å². The Hall–Kier alpha value is -2.06. The van der Waals surface area contributed by atoms with Gasteiger partial charge < -0.3 is 4.74 Å². The molecule has 2 aliphatic rings. The highest BCUT2D eigenvalue weighted by Crippen LogP contribution is 2.31. The van der Waals surface area contributed by atoms with Crippen LogP contribution in [-0.2, 0) is 4.79 Å². The molecular weight excluding hydrogens is 332 g/mol. The number of thioether (sulfide) groups is 1. The molecule has 0 saturated carbocycles. The molecule has 2 heterocycles. The zero-order valence-corrected chi connectivity index (χ0v) is 14.2. The number of fused-ring (bicyclic) bond motifs is 1. The van der Waals surface area contributed by atoms with Gasteiger partial charge in [0.05, 0.1) is 24.6 Å². The van der Waals surface area contributed by atoms with E-state index in [1.165, 1.54) is 11.8 Å². The second-order valence-corrected chi connectivity index (χ2v) is 6.57. The number of amidine groups is 3. The fourth-order valence-corrected chi connectivity index (χ4v) is 3.66. The summed E-state index contributed by atoms with van der Waals surface area (Å²) in [6, 6.07) is 7.29. The summed E-state index contributed by atoms with van der Waals surface area (Å²) in [7, 11) is 1.60. The highest BCUT2D eigenvalue weighted by Gasteiger charge is 2.37. The molecule has 1 aromatic carbocycles. The van der Waals surface area contributed by atoms with Crippen LogP contribution in [0.4, 0.5) is 0 Å². The lowest BCUT2D eigenvalue weighted by Crippen LogP contribution is -2.41. The number of nitrogens with zero attached hydrogens (tertiary/aromatic N) is 3. The van der Waals surface area contributed by atoms with E-state index >= 15 is 0 Å². The molecule has 0 saturated heterocycles. The van der Waals surface area contributed by atoms with Crippen LogP contribution in [0.3, 0.4) is 0 Å². The zero-order chi connectivity index (χ0) is 16.4. The lowest BCUT2D eigenvalue weighted by molar-refractivity contribution is -0.114. The summed E-state index contributed by atoms with van der Waals surface area (Å²) < 4.78 is 9.39. The van der Waals surface area contributed by atoms with Crippen LogP contribution in [0, 0.1) is 5.41 Å². The molecule has 1 N–H and O–H groups in total. The van der Waals surface area contributed by atoms with Gasteiger partial charge in [0.25, 0.3) is 5.91 Å². The van der Waals surface area contributed by atoms with Crippen LogP contribution < -0.4 is 4.74 Å². The van der Waals surface area contributed by atoms with Gasteiger partial charge in [0.2, 0.25) is 5.17 Å². The molecule has 0 fully saturated rings. The van der Waals surface area contributed by atoms with Crippen molar-refractivity contribution in [2.45, 2.75) is 6.92 Å². The van der Waals surface area contributed by atoms with E-state index in [1.54, 1.807) is 18.1 Å². The van der Waals surface area contributed by atoms with Crippen molar-refractivity contribution in [2.75, 3.05) is 12.9 Å². The first kappa shape index (κ1) is 15.8. The number of aliphatic imine (C=N–C) groups is 1. The maximum Gasteiger partial charge on any atom is 0.283 e. The van der Waals surface area contributed by atoms with Gasteiger partial charge in [-0.3, -0.25) is 10.2 Å². The van der Waals surface area contributed by atoms with Gasteiger partial charge in [-0.2, -0.15) is 9.39 Å². The highest BCUT2D eigenvalue weighted by molar-refractivity contribution is 8.19. The Morgan fingerprint density at radius 1 is 1.39 bits per heavy atom. The lowest BCUT2D eigenvalue weighted by Gasteiger charge is -2.24. The molecule has 23 heavy (non-hydrogen) atoms. The number of hydrogen-bond acceptors (Lipinski definition) is 6. The second kappa shape index (κ2) is 6.59. The van der Waals surface area contributed by atoms with Gasteiger partial charge in [-0.05, 0) is 29.5 Å². The molecule has 0 aromatic heterocycles. The monoisotopic (exact) mass is 346 g/mol. The van der Waals surface area contributed by atoms with Gasteiger partial charge in [0.15, 0.2) is 5.17 Å². The molecule has 6 nitrogen and oxygen atoms in total. The Bertz CT molecular complexity index is 753. The SMILES string of the molecule is CCSC1=NSC2=NC(=O)C(=Cc3ccc(OC)cc3)C(=N)N12. The highest BCUT2D eigenvalue weighted by atomic mass is 32.2. The van der Waals surface area contributed by atoms with Crippen LogP contribution in [0.5, 0.6) is 5.75 Å². The van der Waals surface area contributed by atoms with Gasteiger partial charge >= 0.3 is 0 Å². The molecule has 0 bridgehead atoms. The van der Waals surface area contributed by atoms with E-state index in [0.29, 0.717) is 10.3 Å². The largest absolute Gasteiger partial charge is 0.497 e. The van der Waals surface area contributed by atoms with Crippen LogP contribution in [0.15, 0.2) is 39.2 Å². The van der Waals surface area contributed by atoms with Gasteiger partial charge in [-0.1, -0.05) is 30.8 Å². The lowest BCUT2D eigenvalue weighted by atomic mass is 10.1. The Morgan fingerprint density at radius 3 is 2.78 bits per heavy atom. The molecule has 0 radical (unpaired) electrons. The molecule has 3 rings (SSSR count). The smallest absolute Gasteiger partial charge is 0.283 e. The summed E-state index contributed by atoms with van der Waals surface area (Å²) in [5, 5.41) is 9.50. The summed E-state index contributed by atoms with van der Waals surface area (Å²) in [4.78, 5) is 17.9. The van der Waals surface area contributed by atoms with Crippen molar-refractivity contribution in [1.82, 2.24) is 4.90 Å². The van der Waals surface area contributed by atoms with E-state index in [1.807, 2.05) is 31.2 Å². The Balaban J connectivity index is 1.93. The van der Waals surface area contributed by atoms with E-state index in [4.69, 9.17) is 10.1 Å². The number of hydrogen-bond donors (Lipinski definition) is 1. The summed E-state index contributed by atoms with van der Waals surface area (Å²) in [5.74, 6) is 1.27. The fraction of sp³-hybridized carbons (Fsp3) is 0.200. The number of nitrogens with one attached hydrogen (secondary N) is 1. The molecule has 8 heteroatoms. The van der Waals surface area contributed by atoms with E-state index < -0.39 is 5.91 Å². The van der Waals surface area contributed by atoms with Gasteiger partial charge in [-0.15, -0.1) is 0 Å². The van der Waals surface area contributed by atoms with Crippen LogP contribution in [0.25, 0.3) is 6.08 Å². The maximum atomic E-state index is 12.2. The molecule has 2 aliphatic heterocycles. The third-order valence-corrected chi connectivity index (χ3v) is 4.83. The summed E-state index contributed by atoms with van der Waals surface area (Å²) in [6.07, 6.45) is 1.67. The Kier molecular flexibility index (Phi) is 4.53. The van der Waals surface area contributed by atoms with Crippen molar-refractivity contribution < 1.29 is 9.53 Å². The Labute approximate surface area is 142 Å². The molecule has 0 atom stereocenters. The minimum Gasteiger partial charge on any atom is -0.497 e. The number of rotatable bonds is 3. The Morgan fingerprint density at radius 2 is 2.13 bits per heavy atom. The van der Waals surface area contributed by atoms with Gasteiger partial charge in [0, 0.05) is 0 Å². The molecule has 1 aromatic rings. The summed E-state index contributed by atoms with van der Waals surface area (Å²) >= 11 is 2.65.